The maximum absolute atomic E-state index is 12.4. The summed E-state index contributed by atoms with van der Waals surface area (Å²) in [5.41, 5.74) is 0. The summed E-state index contributed by atoms with van der Waals surface area (Å²) in [6, 6.07) is -1.34. The quantitative estimate of drug-likeness (QED) is 0.540. The molecule has 2 atom stereocenters. The highest BCUT2D eigenvalue weighted by Crippen LogP contribution is 2.17. The van der Waals surface area contributed by atoms with E-state index in [0.29, 0.717) is 0 Å². The number of hydrogen-bond donors (Lipinski definition) is 2. The van der Waals surface area contributed by atoms with Crippen LogP contribution in [0.2, 0.25) is 5.28 Å². The van der Waals surface area contributed by atoms with Gasteiger partial charge in [-0.05, 0) is 51.1 Å². The van der Waals surface area contributed by atoms with E-state index in [-0.39, 0.29) is 41.2 Å². The van der Waals surface area contributed by atoms with Crippen molar-refractivity contribution in [1.29, 1.82) is 0 Å². The van der Waals surface area contributed by atoms with E-state index in [9.17, 15) is 9.59 Å². The third-order valence-corrected chi connectivity index (χ3v) is 3.89. The lowest BCUT2D eigenvalue weighted by atomic mass is 10.0. The van der Waals surface area contributed by atoms with Crippen LogP contribution in [0.25, 0.3) is 0 Å². The van der Waals surface area contributed by atoms with Crippen molar-refractivity contribution in [2.24, 2.45) is 11.8 Å². The van der Waals surface area contributed by atoms with E-state index in [1.165, 1.54) is 0 Å². The number of ether oxygens (including phenoxy) is 2. The van der Waals surface area contributed by atoms with Crippen LogP contribution in [0.3, 0.4) is 0 Å². The molecular formula is C19H32ClN5O4. The summed E-state index contributed by atoms with van der Waals surface area (Å²) in [6.45, 7) is 14.6. The number of nitrogens with zero attached hydrogens (tertiary/aromatic N) is 3. The van der Waals surface area contributed by atoms with Gasteiger partial charge < -0.3 is 20.1 Å². The minimum atomic E-state index is -0.671. The summed E-state index contributed by atoms with van der Waals surface area (Å²) >= 11 is 6.03. The molecule has 0 aliphatic heterocycles. The predicted molar refractivity (Wildman–Crippen MR) is 112 cm³/mol. The van der Waals surface area contributed by atoms with Gasteiger partial charge in [0.1, 0.15) is 12.1 Å². The average molecular weight is 430 g/mol. The Morgan fingerprint density at radius 3 is 1.34 bits per heavy atom. The summed E-state index contributed by atoms with van der Waals surface area (Å²) in [6.07, 6.45) is -0.494. The second-order valence-corrected chi connectivity index (χ2v) is 8.29. The Bertz CT molecular complexity index is 643. The van der Waals surface area contributed by atoms with Crippen molar-refractivity contribution < 1.29 is 19.1 Å². The number of esters is 2. The number of rotatable bonds is 10. The fourth-order valence-corrected chi connectivity index (χ4v) is 2.52. The highest BCUT2D eigenvalue weighted by Gasteiger charge is 2.28. The number of hydrogen-bond acceptors (Lipinski definition) is 9. The Kier molecular flexibility index (Phi) is 9.55. The monoisotopic (exact) mass is 429 g/mol. The zero-order chi connectivity index (χ0) is 22.3. The second kappa shape index (κ2) is 11.1. The van der Waals surface area contributed by atoms with Gasteiger partial charge in [-0.15, -0.1) is 0 Å². The van der Waals surface area contributed by atoms with E-state index in [1.54, 1.807) is 27.7 Å². The molecule has 1 rings (SSSR count). The highest BCUT2D eigenvalue weighted by atomic mass is 35.5. The molecule has 1 heterocycles. The molecule has 0 aliphatic carbocycles. The van der Waals surface area contributed by atoms with Crippen molar-refractivity contribution in [2.45, 2.75) is 79.7 Å². The molecule has 0 radical (unpaired) electrons. The molecule has 0 amide bonds. The van der Waals surface area contributed by atoms with Crippen LogP contribution in [0.4, 0.5) is 11.9 Å². The first kappa shape index (κ1) is 24.9. The normalized spacial score (nSPS) is 13.6. The lowest BCUT2D eigenvalue weighted by Gasteiger charge is -2.23. The van der Waals surface area contributed by atoms with E-state index in [2.05, 4.69) is 25.6 Å². The molecule has 2 unspecified atom stereocenters. The molecule has 0 spiro atoms. The van der Waals surface area contributed by atoms with Crippen molar-refractivity contribution >= 4 is 35.4 Å². The van der Waals surface area contributed by atoms with Gasteiger partial charge in [0, 0.05) is 0 Å². The fraction of sp³-hybridized carbons (Fsp3) is 0.737. The molecule has 0 saturated carbocycles. The maximum atomic E-state index is 12.4. The van der Waals surface area contributed by atoms with Crippen LogP contribution in [0, 0.1) is 11.8 Å². The SMILES string of the molecule is CC(C)OC(=O)C(Nc1nc(Cl)nc(NC(C(=O)OC(C)C)C(C)C)n1)C(C)C. The molecule has 0 aromatic carbocycles. The van der Waals surface area contributed by atoms with Crippen LogP contribution in [0.15, 0.2) is 0 Å². The van der Waals surface area contributed by atoms with Crippen molar-refractivity contribution in [3.8, 4) is 0 Å². The molecule has 9 nitrogen and oxygen atoms in total. The molecule has 164 valence electrons. The Morgan fingerprint density at radius 2 is 1.07 bits per heavy atom. The van der Waals surface area contributed by atoms with E-state index < -0.39 is 24.0 Å². The van der Waals surface area contributed by atoms with Crippen LogP contribution < -0.4 is 10.6 Å². The molecule has 0 saturated heterocycles. The Balaban J connectivity index is 3.06. The highest BCUT2D eigenvalue weighted by molar-refractivity contribution is 6.28. The number of anilines is 2. The van der Waals surface area contributed by atoms with Gasteiger partial charge in [0.2, 0.25) is 17.2 Å². The van der Waals surface area contributed by atoms with Crippen LogP contribution in [0.5, 0.6) is 0 Å². The van der Waals surface area contributed by atoms with Crippen molar-refractivity contribution in [3.05, 3.63) is 5.28 Å². The lowest BCUT2D eigenvalue weighted by Crippen LogP contribution is -2.39. The van der Waals surface area contributed by atoms with E-state index in [1.807, 2.05) is 27.7 Å². The standard InChI is InChI=1S/C19H32ClN5O4/c1-9(2)13(15(26)28-11(5)6)21-18-23-17(20)24-19(25-18)22-14(10(3)4)16(27)29-12(7)8/h9-14H,1-8H3,(H2,21,22,23,24,25). The van der Waals surface area contributed by atoms with Gasteiger partial charge in [-0.1, -0.05) is 27.7 Å². The minimum absolute atomic E-state index is 0.0792. The molecule has 1 aromatic heterocycles. The summed E-state index contributed by atoms with van der Waals surface area (Å²) in [4.78, 5) is 37.0. The first-order valence-electron chi connectivity index (χ1n) is 9.76. The van der Waals surface area contributed by atoms with Crippen molar-refractivity contribution in [1.82, 2.24) is 15.0 Å². The van der Waals surface area contributed by atoms with Crippen LogP contribution in [-0.4, -0.2) is 51.2 Å². The van der Waals surface area contributed by atoms with Crippen LogP contribution in [-0.2, 0) is 19.1 Å². The Hall–Kier alpha value is -2.16. The van der Waals surface area contributed by atoms with E-state index in [4.69, 9.17) is 21.1 Å². The predicted octanol–water partition coefficient (Wildman–Crippen LogP) is 3.30. The number of nitrogens with one attached hydrogen (secondary N) is 2. The Labute approximate surface area is 177 Å². The molecule has 0 aliphatic rings. The van der Waals surface area contributed by atoms with Gasteiger partial charge in [0.15, 0.2) is 0 Å². The zero-order valence-corrected chi connectivity index (χ0v) is 19.1. The number of carbonyl (C=O) groups is 2. The largest absolute Gasteiger partial charge is 0.461 e. The summed E-state index contributed by atoms with van der Waals surface area (Å²) in [5.74, 6) is -0.795. The molecular weight excluding hydrogens is 398 g/mol. The average Bonchev–Trinajstić information content (AvgIpc) is 2.55. The molecule has 29 heavy (non-hydrogen) atoms. The summed E-state index contributed by atoms with van der Waals surface area (Å²) < 4.78 is 10.6. The first-order chi connectivity index (χ1) is 13.4. The summed E-state index contributed by atoms with van der Waals surface area (Å²) in [5, 5.41) is 5.82. The topological polar surface area (TPSA) is 115 Å². The van der Waals surface area contributed by atoms with Gasteiger partial charge in [0.25, 0.3) is 0 Å². The van der Waals surface area contributed by atoms with Crippen LogP contribution in [0.1, 0.15) is 55.4 Å². The second-order valence-electron chi connectivity index (χ2n) is 7.95. The zero-order valence-electron chi connectivity index (χ0n) is 18.3. The van der Waals surface area contributed by atoms with Gasteiger partial charge >= 0.3 is 11.9 Å². The molecule has 0 bridgehead atoms. The molecule has 2 N–H and O–H groups in total. The molecule has 1 aromatic rings. The lowest BCUT2D eigenvalue weighted by molar-refractivity contribution is -0.150. The van der Waals surface area contributed by atoms with Gasteiger partial charge in [-0.3, -0.25) is 0 Å². The molecule has 10 heteroatoms. The van der Waals surface area contributed by atoms with Gasteiger partial charge in [0.05, 0.1) is 12.2 Å². The number of halogens is 1. The van der Waals surface area contributed by atoms with Crippen LogP contribution >= 0.6 is 11.6 Å². The van der Waals surface area contributed by atoms with Crippen molar-refractivity contribution in [2.75, 3.05) is 10.6 Å². The maximum Gasteiger partial charge on any atom is 0.329 e. The number of carbonyl (C=O) groups excluding carboxylic acids is 2. The minimum Gasteiger partial charge on any atom is -0.461 e. The Morgan fingerprint density at radius 1 is 0.724 bits per heavy atom. The third-order valence-electron chi connectivity index (χ3n) is 3.72. The number of aromatic nitrogens is 3. The van der Waals surface area contributed by atoms with E-state index in [0.717, 1.165) is 0 Å². The smallest absolute Gasteiger partial charge is 0.329 e. The summed E-state index contributed by atoms with van der Waals surface area (Å²) in [7, 11) is 0. The third kappa shape index (κ3) is 8.39. The molecule has 0 fully saturated rings. The van der Waals surface area contributed by atoms with Crippen molar-refractivity contribution in [3.63, 3.8) is 0 Å². The van der Waals surface area contributed by atoms with Gasteiger partial charge in [-0.25, -0.2) is 9.59 Å². The van der Waals surface area contributed by atoms with E-state index >= 15 is 0 Å². The fourth-order valence-electron chi connectivity index (χ4n) is 2.36. The van der Waals surface area contributed by atoms with Gasteiger partial charge in [-0.2, -0.15) is 15.0 Å². The first-order valence-corrected chi connectivity index (χ1v) is 10.1.